The molecule has 12 heteroatoms. The Morgan fingerprint density at radius 3 is 2.47 bits per heavy atom. The maximum absolute atomic E-state index is 12.6. The lowest BCUT2D eigenvalue weighted by Gasteiger charge is -2.43. The number of aryl methyl sites for hydroxylation is 1. The molecule has 0 saturated carbocycles. The van der Waals surface area contributed by atoms with Crippen LogP contribution in [0.25, 0.3) is 11.4 Å². The minimum absolute atomic E-state index is 0.0450. The van der Waals surface area contributed by atoms with Crippen LogP contribution in [0.3, 0.4) is 0 Å². The lowest BCUT2D eigenvalue weighted by atomic mass is 10.00. The summed E-state index contributed by atoms with van der Waals surface area (Å²) in [5, 5.41) is 6.84. The van der Waals surface area contributed by atoms with Gasteiger partial charge in [-0.1, -0.05) is 6.92 Å². The standard InChI is InChI=1S/C31H43N9O3/c1-3-21-18-23(4-5-26(21)40-10-6-24(7-11-40)39-14-12-38(2)13-15-39)35-31-28(29(32)41)36-27(25-19-43-20-33-25)30(37-31)34-22-8-16-42-17-9-22/h4-5,18-20,22,24H,3,6-17H2,1-2H3,(H2,32,41)(H2,34,35,37). The highest BCUT2D eigenvalue weighted by molar-refractivity contribution is 5.97. The average Bonchev–Trinajstić information content (AvgIpc) is 3.57. The number of amides is 1. The molecule has 0 radical (unpaired) electrons. The number of carbonyl (C=O) groups is 1. The number of anilines is 4. The molecule has 1 aromatic carbocycles. The second-order valence-corrected chi connectivity index (χ2v) is 11.8. The number of carbonyl (C=O) groups excluding carboxylic acids is 1. The number of ether oxygens (including phenoxy) is 1. The van der Waals surface area contributed by atoms with Gasteiger partial charge in [0, 0.05) is 75.9 Å². The molecule has 230 valence electrons. The number of piperidine rings is 1. The van der Waals surface area contributed by atoms with Gasteiger partial charge in [-0.3, -0.25) is 9.69 Å². The van der Waals surface area contributed by atoms with E-state index >= 15 is 0 Å². The van der Waals surface area contributed by atoms with E-state index in [0.717, 1.165) is 51.1 Å². The lowest BCUT2D eigenvalue weighted by molar-refractivity contribution is 0.0904. The number of likely N-dealkylation sites (N-methyl/N-ethyl adjacent to an activating group) is 1. The van der Waals surface area contributed by atoms with E-state index in [4.69, 9.17) is 19.9 Å². The summed E-state index contributed by atoms with van der Waals surface area (Å²) in [6.45, 7) is 10.3. The Morgan fingerprint density at radius 1 is 1.02 bits per heavy atom. The van der Waals surface area contributed by atoms with Crippen LogP contribution in [-0.2, 0) is 11.2 Å². The van der Waals surface area contributed by atoms with Crippen molar-refractivity contribution in [1.82, 2.24) is 24.8 Å². The highest BCUT2D eigenvalue weighted by atomic mass is 16.5. The molecule has 3 aliphatic rings. The van der Waals surface area contributed by atoms with E-state index < -0.39 is 5.91 Å². The van der Waals surface area contributed by atoms with E-state index in [1.54, 1.807) is 0 Å². The predicted octanol–water partition coefficient (Wildman–Crippen LogP) is 3.34. The normalized spacial score (nSPS) is 19.4. The van der Waals surface area contributed by atoms with Gasteiger partial charge in [0.2, 0.25) is 0 Å². The van der Waals surface area contributed by atoms with Crippen LogP contribution in [-0.4, -0.2) is 102 Å². The molecule has 0 aliphatic carbocycles. The third-order valence-electron chi connectivity index (χ3n) is 8.95. The van der Waals surface area contributed by atoms with Crippen LogP contribution in [0.4, 0.5) is 23.0 Å². The summed E-state index contributed by atoms with van der Waals surface area (Å²) >= 11 is 0. The van der Waals surface area contributed by atoms with E-state index in [2.05, 4.69) is 61.4 Å². The fourth-order valence-corrected chi connectivity index (χ4v) is 6.39. The number of primary amides is 1. The molecule has 0 spiro atoms. The van der Waals surface area contributed by atoms with Gasteiger partial charge in [0.15, 0.2) is 23.7 Å². The maximum Gasteiger partial charge on any atom is 0.271 e. The number of piperazine rings is 1. The second kappa shape index (κ2) is 13.3. The predicted molar refractivity (Wildman–Crippen MR) is 167 cm³/mol. The third kappa shape index (κ3) is 6.76. The van der Waals surface area contributed by atoms with Crippen LogP contribution in [0.2, 0.25) is 0 Å². The Balaban J connectivity index is 1.22. The first kappa shape index (κ1) is 29.3. The molecule has 0 bridgehead atoms. The number of hydrogen-bond acceptors (Lipinski definition) is 11. The Morgan fingerprint density at radius 2 is 1.79 bits per heavy atom. The molecule has 43 heavy (non-hydrogen) atoms. The van der Waals surface area contributed by atoms with Crippen LogP contribution in [0.15, 0.2) is 35.3 Å². The number of benzene rings is 1. The molecule has 2 aromatic heterocycles. The minimum atomic E-state index is -0.673. The van der Waals surface area contributed by atoms with Crippen molar-refractivity contribution in [3.8, 4) is 11.4 Å². The fourth-order valence-electron chi connectivity index (χ4n) is 6.39. The van der Waals surface area contributed by atoms with E-state index in [-0.39, 0.29) is 11.7 Å². The van der Waals surface area contributed by atoms with Gasteiger partial charge >= 0.3 is 0 Å². The third-order valence-corrected chi connectivity index (χ3v) is 8.95. The summed E-state index contributed by atoms with van der Waals surface area (Å²) in [4.78, 5) is 33.9. The molecule has 12 nitrogen and oxygen atoms in total. The molecule has 3 saturated heterocycles. The first-order valence-corrected chi connectivity index (χ1v) is 15.5. The van der Waals surface area contributed by atoms with Crippen molar-refractivity contribution in [2.75, 3.05) is 75.1 Å². The van der Waals surface area contributed by atoms with Crippen LogP contribution in [0.5, 0.6) is 0 Å². The monoisotopic (exact) mass is 589 g/mol. The smallest absolute Gasteiger partial charge is 0.271 e. The summed E-state index contributed by atoms with van der Waals surface area (Å²) in [6, 6.07) is 7.20. The van der Waals surface area contributed by atoms with Crippen molar-refractivity contribution >= 4 is 28.9 Å². The summed E-state index contributed by atoms with van der Waals surface area (Å²) in [5.74, 6) is 0.147. The first-order chi connectivity index (χ1) is 21.0. The molecular formula is C31H43N9O3. The van der Waals surface area contributed by atoms with Crippen LogP contribution < -0.4 is 21.3 Å². The van der Waals surface area contributed by atoms with Crippen LogP contribution in [0.1, 0.15) is 48.7 Å². The topological polar surface area (TPSA) is 138 Å². The molecule has 6 rings (SSSR count). The van der Waals surface area contributed by atoms with Crippen molar-refractivity contribution < 1.29 is 13.9 Å². The zero-order valence-corrected chi connectivity index (χ0v) is 25.2. The Labute approximate surface area is 253 Å². The Bertz CT molecular complexity index is 1380. The van der Waals surface area contributed by atoms with Gasteiger partial charge in [0.1, 0.15) is 17.7 Å². The fraction of sp³-hybridized carbons (Fsp3) is 0.548. The lowest BCUT2D eigenvalue weighted by Crippen LogP contribution is -2.52. The quantitative estimate of drug-likeness (QED) is 0.339. The van der Waals surface area contributed by atoms with Crippen molar-refractivity contribution in [2.24, 2.45) is 5.73 Å². The van der Waals surface area contributed by atoms with Gasteiger partial charge in [-0.25, -0.2) is 15.0 Å². The number of nitrogens with two attached hydrogens (primary N) is 1. The number of hydrogen-bond donors (Lipinski definition) is 3. The van der Waals surface area contributed by atoms with Gasteiger partial charge in [0.05, 0.1) is 0 Å². The van der Waals surface area contributed by atoms with Crippen molar-refractivity contribution in [1.29, 1.82) is 0 Å². The number of nitrogens with one attached hydrogen (secondary N) is 2. The highest BCUT2D eigenvalue weighted by Gasteiger charge is 2.28. The number of rotatable bonds is 9. The highest BCUT2D eigenvalue weighted by Crippen LogP contribution is 2.33. The summed E-state index contributed by atoms with van der Waals surface area (Å²) in [5.41, 5.74) is 10.1. The van der Waals surface area contributed by atoms with Crippen LogP contribution in [0, 0.1) is 0 Å². The molecule has 3 aliphatic heterocycles. The number of aromatic nitrogens is 3. The summed E-state index contributed by atoms with van der Waals surface area (Å²) in [7, 11) is 2.21. The van der Waals surface area contributed by atoms with Gasteiger partial charge in [-0.15, -0.1) is 0 Å². The Hall–Kier alpha value is -3.74. The van der Waals surface area contributed by atoms with Crippen molar-refractivity contribution in [3.05, 3.63) is 42.1 Å². The molecule has 5 heterocycles. The minimum Gasteiger partial charge on any atom is -0.451 e. The number of nitrogens with zero attached hydrogens (tertiary/aromatic N) is 6. The van der Waals surface area contributed by atoms with Gasteiger partial charge in [-0.05, 0) is 62.9 Å². The van der Waals surface area contributed by atoms with Gasteiger partial charge < -0.3 is 35.3 Å². The maximum atomic E-state index is 12.6. The summed E-state index contributed by atoms with van der Waals surface area (Å²) < 4.78 is 10.7. The largest absolute Gasteiger partial charge is 0.451 e. The zero-order valence-electron chi connectivity index (χ0n) is 25.2. The van der Waals surface area contributed by atoms with Crippen molar-refractivity contribution in [2.45, 2.75) is 51.1 Å². The molecule has 4 N–H and O–H groups in total. The average molecular weight is 590 g/mol. The van der Waals surface area contributed by atoms with E-state index in [1.165, 1.54) is 49.8 Å². The molecule has 0 atom stereocenters. The van der Waals surface area contributed by atoms with Gasteiger partial charge in [-0.2, -0.15) is 0 Å². The molecule has 3 aromatic rings. The molecule has 0 unspecified atom stereocenters. The van der Waals surface area contributed by atoms with E-state index in [9.17, 15) is 4.79 Å². The van der Waals surface area contributed by atoms with E-state index in [0.29, 0.717) is 42.3 Å². The SMILES string of the molecule is CCc1cc(Nc2nc(NC3CCOCC3)c(-c3cocn3)nc2C(N)=O)ccc1N1CCC(N2CCN(C)CC2)CC1. The first-order valence-electron chi connectivity index (χ1n) is 15.5. The van der Waals surface area contributed by atoms with Crippen LogP contribution >= 0.6 is 0 Å². The molecule has 1 amide bonds. The molecular weight excluding hydrogens is 546 g/mol. The molecule has 3 fully saturated rings. The zero-order chi connectivity index (χ0) is 29.8. The van der Waals surface area contributed by atoms with Gasteiger partial charge in [0.25, 0.3) is 5.91 Å². The second-order valence-electron chi connectivity index (χ2n) is 11.8. The Kier molecular flexibility index (Phi) is 9.06. The summed E-state index contributed by atoms with van der Waals surface area (Å²) in [6.07, 6.45) is 7.75. The van der Waals surface area contributed by atoms with E-state index in [1.807, 2.05) is 6.07 Å². The number of oxazole rings is 1. The van der Waals surface area contributed by atoms with Crippen molar-refractivity contribution in [3.63, 3.8) is 0 Å².